The second-order valence-electron chi connectivity index (χ2n) is 6.87. The number of rotatable bonds is 5. The van der Waals surface area contributed by atoms with Gasteiger partial charge in [-0.05, 0) is 42.3 Å². The number of methoxy groups -OCH3 is 1. The summed E-state index contributed by atoms with van der Waals surface area (Å²) in [6, 6.07) is 9.79. The van der Waals surface area contributed by atoms with Crippen LogP contribution in [0.25, 0.3) is 22.0 Å². The van der Waals surface area contributed by atoms with Gasteiger partial charge in [0.05, 0.1) is 29.7 Å². The molecule has 0 aliphatic carbocycles. The Bertz CT molecular complexity index is 1220. The van der Waals surface area contributed by atoms with E-state index in [1.165, 1.54) is 25.6 Å². The lowest BCUT2D eigenvalue weighted by Crippen LogP contribution is -2.09. The standard InChI is InChI=1S/C21H17F4N5O/c1-11(16-9-18(30-29-16)21(23,24)25)28-20-19-15(12-3-5-13(22)6-4-12)7-14(31-2)8-17(19)26-10-27-20/h3-11H,1-2H3,(H,29,30)(H,26,27,28). The van der Waals surface area contributed by atoms with Crippen molar-refractivity contribution in [1.29, 1.82) is 0 Å². The number of nitrogens with zero attached hydrogens (tertiary/aromatic N) is 3. The van der Waals surface area contributed by atoms with Crippen LogP contribution in [0.1, 0.15) is 24.4 Å². The van der Waals surface area contributed by atoms with Gasteiger partial charge in [0.15, 0.2) is 5.69 Å². The number of H-pyrrole nitrogens is 1. The molecule has 0 saturated heterocycles. The molecule has 0 aliphatic heterocycles. The zero-order valence-electron chi connectivity index (χ0n) is 16.5. The molecule has 31 heavy (non-hydrogen) atoms. The summed E-state index contributed by atoms with van der Waals surface area (Å²) in [5.41, 5.74) is 1.20. The topological polar surface area (TPSA) is 75.7 Å². The van der Waals surface area contributed by atoms with Crippen molar-refractivity contribution >= 4 is 16.7 Å². The van der Waals surface area contributed by atoms with E-state index in [0.717, 1.165) is 6.07 Å². The monoisotopic (exact) mass is 431 g/mol. The van der Waals surface area contributed by atoms with Crippen molar-refractivity contribution < 1.29 is 22.3 Å². The van der Waals surface area contributed by atoms with Gasteiger partial charge in [-0.3, -0.25) is 5.10 Å². The smallest absolute Gasteiger partial charge is 0.435 e. The molecule has 160 valence electrons. The minimum absolute atomic E-state index is 0.246. The Morgan fingerprint density at radius 1 is 1.06 bits per heavy atom. The van der Waals surface area contributed by atoms with Gasteiger partial charge in [0.1, 0.15) is 23.7 Å². The van der Waals surface area contributed by atoms with Gasteiger partial charge in [-0.25, -0.2) is 14.4 Å². The van der Waals surface area contributed by atoms with Gasteiger partial charge in [-0.2, -0.15) is 18.3 Å². The lowest BCUT2D eigenvalue weighted by atomic mass is 10.00. The predicted octanol–water partition coefficient (Wildman–Crippen LogP) is 5.36. The summed E-state index contributed by atoms with van der Waals surface area (Å²) in [6.07, 6.45) is -3.19. The van der Waals surface area contributed by atoms with Crippen molar-refractivity contribution in [3.8, 4) is 16.9 Å². The zero-order chi connectivity index (χ0) is 22.2. The molecule has 6 nitrogen and oxygen atoms in total. The quantitative estimate of drug-likeness (QED) is 0.416. The Morgan fingerprint density at radius 2 is 1.81 bits per heavy atom. The molecule has 0 saturated carbocycles. The molecule has 0 fully saturated rings. The van der Waals surface area contributed by atoms with Gasteiger partial charge < -0.3 is 10.1 Å². The number of hydrogen-bond donors (Lipinski definition) is 2. The van der Waals surface area contributed by atoms with Gasteiger partial charge in [0.25, 0.3) is 0 Å². The summed E-state index contributed by atoms with van der Waals surface area (Å²) in [5, 5.41) is 9.49. The minimum Gasteiger partial charge on any atom is -0.497 e. The van der Waals surface area contributed by atoms with Crippen molar-refractivity contribution in [3.63, 3.8) is 0 Å². The number of nitrogens with one attached hydrogen (secondary N) is 2. The highest BCUT2D eigenvalue weighted by atomic mass is 19.4. The van der Waals surface area contributed by atoms with Gasteiger partial charge in [0, 0.05) is 6.07 Å². The average molecular weight is 431 g/mol. The lowest BCUT2D eigenvalue weighted by Gasteiger charge is -2.17. The third-order valence-corrected chi connectivity index (χ3v) is 4.81. The number of ether oxygens (including phenoxy) is 1. The summed E-state index contributed by atoms with van der Waals surface area (Å²) in [5.74, 6) is 0.578. The first-order valence-corrected chi connectivity index (χ1v) is 9.24. The molecule has 2 N–H and O–H groups in total. The molecule has 0 radical (unpaired) electrons. The van der Waals surface area contributed by atoms with Crippen LogP contribution >= 0.6 is 0 Å². The molecule has 0 aliphatic rings. The molecule has 2 aromatic carbocycles. The summed E-state index contributed by atoms with van der Waals surface area (Å²) in [6.45, 7) is 1.68. The predicted molar refractivity (Wildman–Crippen MR) is 107 cm³/mol. The van der Waals surface area contributed by atoms with Crippen LogP contribution < -0.4 is 10.1 Å². The summed E-state index contributed by atoms with van der Waals surface area (Å²) < 4.78 is 57.4. The largest absolute Gasteiger partial charge is 0.497 e. The summed E-state index contributed by atoms with van der Waals surface area (Å²) in [4.78, 5) is 8.59. The van der Waals surface area contributed by atoms with E-state index in [-0.39, 0.29) is 11.5 Å². The number of aromatic amines is 1. The van der Waals surface area contributed by atoms with Crippen LogP contribution in [0.15, 0.2) is 48.8 Å². The molecule has 0 spiro atoms. The number of hydrogen-bond acceptors (Lipinski definition) is 5. The third kappa shape index (κ3) is 4.14. The third-order valence-electron chi connectivity index (χ3n) is 4.81. The van der Waals surface area contributed by atoms with E-state index in [9.17, 15) is 17.6 Å². The first-order chi connectivity index (χ1) is 14.8. The maximum atomic E-state index is 13.4. The van der Waals surface area contributed by atoms with Crippen molar-refractivity contribution in [2.24, 2.45) is 0 Å². The average Bonchev–Trinajstić information content (AvgIpc) is 3.25. The van der Waals surface area contributed by atoms with Crippen molar-refractivity contribution in [2.75, 3.05) is 12.4 Å². The molecule has 4 aromatic rings. The fourth-order valence-corrected chi connectivity index (χ4v) is 3.24. The van der Waals surface area contributed by atoms with E-state index in [4.69, 9.17) is 4.74 Å². The van der Waals surface area contributed by atoms with Crippen LogP contribution in [-0.4, -0.2) is 27.3 Å². The molecule has 4 rings (SSSR count). The van der Waals surface area contributed by atoms with Crippen molar-refractivity contribution in [3.05, 3.63) is 66.0 Å². The maximum absolute atomic E-state index is 13.4. The normalized spacial score (nSPS) is 12.7. The summed E-state index contributed by atoms with van der Waals surface area (Å²) in [7, 11) is 1.52. The fraction of sp³-hybridized carbons (Fsp3) is 0.190. The number of halogens is 4. The number of aromatic nitrogens is 4. The minimum atomic E-state index is -4.54. The van der Waals surface area contributed by atoms with Gasteiger partial charge in [-0.15, -0.1) is 0 Å². The second-order valence-corrected chi connectivity index (χ2v) is 6.87. The Hall–Kier alpha value is -3.69. The van der Waals surface area contributed by atoms with Gasteiger partial charge in [-0.1, -0.05) is 12.1 Å². The van der Waals surface area contributed by atoms with Crippen LogP contribution in [0.5, 0.6) is 5.75 Å². The molecule has 0 bridgehead atoms. The molecule has 2 heterocycles. The van der Waals surface area contributed by atoms with E-state index in [2.05, 4.69) is 25.5 Å². The second kappa shape index (κ2) is 7.86. The SMILES string of the molecule is COc1cc(-c2ccc(F)cc2)c2c(NC(C)c3cc(C(F)(F)F)n[nH]3)ncnc2c1. The van der Waals surface area contributed by atoms with Crippen LogP contribution in [0.4, 0.5) is 23.4 Å². The van der Waals surface area contributed by atoms with Crippen LogP contribution in [-0.2, 0) is 6.18 Å². The first kappa shape index (κ1) is 20.6. The van der Waals surface area contributed by atoms with E-state index in [0.29, 0.717) is 33.6 Å². The van der Waals surface area contributed by atoms with Crippen LogP contribution in [0, 0.1) is 5.82 Å². The lowest BCUT2D eigenvalue weighted by molar-refractivity contribution is -0.141. The molecular formula is C21H17F4N5O. The number of fused-ring (bicyclic) bond motifs is 1. The van der Waals surface area contributed by atoms with Gasteiger partial charge >= 0.3 is 6.18 Å². The van der Waals surface area contributed by atoms with E-state index >= 15 is 0 Å². The van der Waals surface area contributed by atoms with Gasteiger partial charge in [0.2, 0.25) is 0 Å². The van der Waals surface area contributed by atoms with E-state index in [1.807, 2.05) is 0 Å². The Balaban J connectivity index is 1.79. The Kier molecular flexibility index (Phi) is 5.22. The highest BCUT2D eigenvalue weighted by molar-refractivity contribution is 6.02. The van der Waals surface area contributed by atoms with E-state index in [1.54, 1.807) is 31.2 Å². The highest BCUT2D eigenvalue weighted by Gasteiger charge is 2.34. The molecule has 1 unspecified atom stereocenters. The molecular weight excluding hydrogens is 414 g/mol. The summed E-state index contributed by atoms with van der Waals surface area (Å²) >= 11 is 0. The fourth-order valence-electron chi connectivity index (χ4n) is 3.24. The number of benzene rings is 2. The highest BCUT2D eigenvalue weighted by Crippen LogP contribution is 2.37. The molecule has 1 atom stereocenters. The zero-order valence-corrected chi connectivity index (χ0v) is 16.5. The van der Waals surface area contributed by atoms with E-state index < -0.39 is 17.9 Å². The Labute approximate surface area is 174 Å². The van der Waals surface area contributed by atoms with Crippen molar-refractivity contribution in [2.45, 2.75) is 19.1 Å². The molecule has 10 heteroatoms. The first-order valence-electron chi connectivity index (χ1n) is 9.24. The maximum Gasteiger partial charge on any atom is 0.435 e. The molecule has 2 aromatic heterocycles. The molecule has 0 amide bonds. The number of anilines is 1. The van der Waals surface area contributed by atoms with Crippen LogP contribution in [0.2, 0.25) is 0 Å². The Morgan fingerprint density at radius 3 is 2.45 bits per heavy atom. The van der Waals surface area contributed by atoms with Crippen molar-refractivity contribution in [1.82, 2.24) is 20.2 Å². The van der Waals surface area contributed by atoms with Crippen LogP contribution in [0.3, 0.4) is 0 Å². The number of alkyl halides is 3.